The standard InChI is InChI=1S/C12H7ClF3NO2S/c1-19-11(18)8-9(13)17-10(20-8)6-2-4-7(5-3-6)12(14,15)16/h2-5H,1H3. The number of alkyl halides is 3. The molecule has 1 aromatic carbocycles. The lowest BCUT2D eigenvalue weighted by Crippen LogP contribution is -2.03. The Hall–Kier alpha value is -1.60. The van der Waals surface area contributed by atoms with E-state index in [4.69, 9.17) is 11.6 Å². The predicted molar refractivity (Wildman–Crippen MR) is 68.9 cm³/mol. The van der Waals surface area contributed by atoms with E-state index in [-0.39, 0.29) is 10.0 Å². The van der Waals surface area contributed by atoms with Crippen LogP contribution in [-0.4, -0.2) is 18.1 Å². The van der Waals surface area contributed by atoms with Gasteiger partial charge in [-0.2, -0.15) is 13.2 Å². The maximum absolute atomic E-state index is 12.4. The molecule has 0 radical (unpaired) electrons. The van der Waals surface area contributed by atoms with E-state index in [9.17, 15) is 18.0 Å². The lowest BCUT2D eigenvalue weighted by atomic mass is 10.1. The molecule has 1 aromatic heterocycles. The summed E-state index contributed by atoms with van der Waals surface area (Å²) in [5.74, 6) is -0.634. The Morgan fingerprint density at radius 3 is 2.40 bits per heavy atom. The second kappa shape index (κ2) is 5.41. The molecule has 106 valence electrons. The van der Waals surface area contributed by atoms with Gasteiger partial charge in [0.25, 0.3) is 0 Å². The number of carbonyl (C=O) groups excluding carboxylic acids is 1. The Morgan fingerprint density at radius 2 is 1.90 bits per heavy atom. The Balaban J connectivity index is 2.35. The number of thiazole rings is 1. The number of benzene rings is 1. The van der Waals surface area contributed by atoms with E-state index in [0.717, 1.165) is 23.5 Å². The predicted octanol–water partition coefficient (Wildman–Crippen LogP) is 4.27. The number of hydrogen-bond donors (Lipinski definition) is 0. The van der Waals surface area contributed by atoms with Crippen molar-refractivity contribution in [1.29, 1.82) is 0 Å². The topological polar surface area (TPSA) is 39.2 Å². The second-order valence-corrected chi connectivity index (χ2v) is 5.06. The molecule has 0 spiro atoms. The van der Waals surface area contributed by atoms with Gasteiger partial charge in [0.15, 0.2) is 10.0 Å². The molecule has 0 bridgehead atoms. The van der Waals surface area contributed by atoms with Crippen LogP contribution in [0.2, 0.25) is 5.15 Å². The van der Waals surface area contributed by atoms with E-state index in [1.165, 1.54) is 19.2 Å². The number of carbonyl (C=O) groups is 1. The maximum Gasteiger partial charge on any atom is 0.416 e. The molecule has 0 aliphatic rings. The highest BCUT2D eigenvalue weighted by Crippen LogP contribution is 2.34. The van der Waals surface area contributed by atoms with Gasteiger partial charge in [0.1, 0.15) is 5.01 Å². The average molecular weight is 322 g/mol. The Kier molecular flexibility index (Phi) is 4.01. The van der Waals surface area contributed by atoms with E-state index in [2.05, 4.69) is 9.72 Å². The van der Waals surface area contributed by atoms with Gasteiger partial charge in [-0.15, -0.1) is 11.3 Å². The number of nitrogens with zero attached hydrogens (tertiary/aromatic N) is 1. The van der Waals surface area contributed by atoms with Crippen LogP contribution in [0.5, 0.6) is 0 Å². The number of rotatable bonds is 2. The highest BCUT2D eigenvalue weighted by atomic mass is 35.5. The zero-order valence-corrected chi connectivity index (χ0v) is 11.6. The normalized spacial score (nSPS) is 11.4. The largest absolute Gasteiger partial charge is 0.465 e. The van der Waals surface area contributed by atoms with Gasteiger partial charge in [-0.1, -0.05) is 23.7 Å². The van der Waals surface area contributed by atoms with Crippen LogP contribution in [0.1, 0.15) is 15.2 Å². The molecule has 0 amide bonds. The Bertz CT molecular complexity index is 637. The summed E-state index contributed by atoms with van der Waals surface area (Å²) in [7, 11) is 1.20. The molecular weight excluding hydrogens is 315 g/mol. The van der Waals surface area contributed by atoms with E-state index in [1.54, 1.807) is 0 Å². The number of methoxy groups -OCH3 is 1. The molecule has 20 heavy (non-hydrogen) atoms. The number of halogens is 4. The molecule has 0 saturated heterocycles. The first-order valence-electron chi connectivity index (χ1n) is 5.25. The fraction of sp³-hybridized carbons (Fsp3) is 0.167. The molecule has 0 aliphatic carbocycles. The summed E-state index contributed by atoms with van der Waals surface area (Å²) in [5.41, 5.74) is -0.308. The minimum Gasteiger partial charge on any atom is -0.465 e. The van der Waals surface area contributed by atoms with E-state index in [1.807, 2.05) is 0 Å². The van der Waals surface area contributed by atoms with Crippen molar-refractivity contribution in [3.05, 3.63) is 39.9 Å². The quantitative estimate of drug-likeness (QED) is 0.775. The number of esters is 1. The van der Waals surface area contributed by atoms with Gasteiger partial charge in [0.05, 0.1) is 12.7 Å². The molecular formula is C12H7ClF3NO2S. The fourth-order valence-electron chi connectivity index (χ4n) is 1.45. The molecule has 2 rings (SSSR count). The van der Waals surface area contributed by atoms with Crippen LogP contribution in [0.3, 0.4) is 0 Å². The van der Waals surface area contributed by atoms with Crippen molar-refractivity contribution in [2.45, 2.75) is 6.18 Å². The third-order valence-corrected chi connectivity index (χ3v) is 3.89. The van der Waals surface area contributed by atoms with Crippen LogP contribution in [-0.2, 0) is 10.9 Å². The van der Waals surface area contributed by atoms with E-state index >= 15 is 0 Å². The van der Waals surface area contributed by atoms with Crippen molar-refractivity contribution in [2.24, 2.45) is 0 Å². The molecule has 0 unspecified atom stereocenters. The van der Waals surface area contributed by atoms with Gasteiger partial charge < -0.3 is 4.74 Å². The Morgan fingerprint density at radius 1 is 1.30 bits per heavy atom. The fourth-order valence-corrected chi connectivity index (χ4v) is 2.65. The first-order chi connectivity index (χ1) is 9.32. The SMILES string of the molecule is COC(=O)c1sc(-c2ccc(C(F)(F)F)cc2)nc1Cl. The molecule has 0 N–H and O–H groups in total. The van der Waals surface area contributed by atoms with Crippen molar-refractivity contribution in [2.75, 3.05) is 7.11 Å². The molecule has 0 saturated carbocycles. The minimum atomic E-state index is -4.39. The zero-order chi connectivity index (χ0) is 14.9. The first-order valence-corrected chi connectivity index (χ1v) is 6.44. The van der Waals surface area contributed by atoms with Crippen LogP contribution >= 0.6 is 22.9 Å². The molecule has 8 heteroatoms. The van der Waals surface area contributed by atoms with Crippen LogP contribution in [0.25, 0.3) is 10.6 Å². The first kappa shape index (κ1) is 14.8. The highest BCUT2D eigenvalue weighted by Gasteiger charge is 2.30. The monoisotopic (exact) mass is 321 g/mol. The summed E-state index contributed by atoms with van der Waals surface area (Å²) < 4.78 is 41.9. The van der Waals surface area contributed by atoms with Gasteiger partial charge in [-0.05, 0) is 12.1 Å². The number of hydrogen-bond acceptors (Lipinski definition) is 4. The molecule has 0 aliphatic heterocycles. The zero-order valence-electron chi connectivity index (χ0n) is 9.99. The van der Waals surface area contributed by atoms with Crippen molar-refractivity contribution in [1.82, 2.24) is 4.98 Å². The van der Waals surface area contributed by atoms with Crippen molar-refractivity contribution < 1.29 is 22.7 Å². The van der Waals surface area contributed by atoms with Crippen molar-refractivity contribution in [3.63, 3.8) is 0 Å². The third kappa shape index (κ3) is 2.94. The van der Waals surface area contributed by atoms with E-state index < -0.39 is 17.7 Å². The number of aromatic nitrogens is 1. The Labute approximate surface area is 121 Å². The summed E-state index contributed by atoms with van der Waals surface area (Å²) in [6.07, 6.45) is -4.39. The van der Waals surface area contributed by atoms with Gasteiger partial charge >= 0.3 is 12.1 Å². The summed E-state index contributed by atoms with van der Waals surface area (Å²) in [5, 5.41) is 0.320. The minimum absolute atomic E-state index is 0.0308. The van der Waals surface area contributed by atoms with Crippen LogP contribution in [0.15, 0.2) is 24.3 Å². The maximum atomic E-state index is 12.4. The molecule has 0 fully saturated rings. The lowest BCUT2D eigenvalue weighted by molar-refractivity contribution is -0.137. The van der Waals surface area contributed by atoms with Gasteiger partial charge in [-0.3, -0.25) is 0 Å². The molecule has 0 atom stereocenters. The summed E-state index contributed by atoms with van der Waals surface area (Å²) in [4.78, 5) is 15.4. The third-order valence-electron chi connectivity index (χ3n) is 2.42. The van der Waals surface area contributed by atoms with Crippen LogP contribution < -0.4 is 0 Å². The molecule has 3 nitrogen and oxygen atoms in total. The molecule has 1 heterocycles. The van der Waals surface area contributed by atoms with Crippen LogP contribution in [0, 0.1) is 0 Å². The van der Waals surface area contributed by atoms with Crippen molar-refractivity contribution >= 4 is 28.9 Å². The van der Waals surface area contributed by atoms with Crippen molar-refractivity contribution in [3.8, 4) is 10.6 Å². The molecule has 2 aromatic rings. The number of ether oxygens (including phenoxy) is 1. The summed E-state index contributed by atoms with van der Waals surface area (Å²) in [6, 6.07) is 4.45. The van der Waals surface area contributed by atoms with E-state index in [0.29, 0.717) is 10.6 Å². The second-order valence-electron chi connectivity index (χ2n) is 3.71. The summed E-state index contributed by atoms with van der Waals surface area (Å²) >= 11 is 6.75. The smallest absolute Gasteiger partial charge is 0.416 e. The lowest BCUT2D eigenvalue weighted by Gasteiger charge is -2.06. The highest BCUT2D eigenvalue weighted by molar-refractivity contribution is 7.17. The van der Waals surface area contributed by atoms with Gasteiger partial charge in [0, 0.05) is 5.56 Å². The average Bonchev–Trinajstić information content (AvgIpc) is 2.79. The van der Waals surface area contributed by atoms with Crippen LogP contribution in [0.4, 0.5) is 13.2 Å². The summed E-state index contributed by atoms with van der Waals surface area (Å²) in [6.45, 7) is 0. The van der Waals surface area contributed by atoms with Gasteiger partial charge in [-0.25, -0.2) is 9.78 Å². The van der Waals surface area contributed by atoms with Gasteiger partial charge in [0.2, 0.25) is 0 Å².